The number of carbonyl (C=O) groups excluding carboxylic acids is 2. The number of ether oxygens (including phenoxy) is 2. The third kappa shape index (κ3) is 6.20. The number of aryl methyl sites for hydroxylation is 2. The molecule has 0 amide bonds. The number of nitrogens with zero attached hydrogens (tertiary/aromatic N) is 2. The van der Waals surface area contributed by atoms with Crippen LogP contribution in [0.2, 0.25) is 0 Å². The lowest BCUT2D eigenvalue weighted by Gasteiger charge is -2.19. The zero-order valence-electron chi connectivity index (χ0n) is 21.4. The van der Waals surface area contributed by atoms with E-state index in [0.717, 1.165) is 28.2 Å². The van der Waals surface area contributed by atoms with Gasteiger partial charge >= 0.3 is 11.9 Å². The largest absolute Gasteiger partial charge is 0.462 e. The van der Waals surface area contributed by atoms with E-state index in [2.05, 4.69) is 22.4 Å². The molecule has 36 heavy (non-hydrogen) atoms. The van der Waals surface area contributed by atoms with Crippen molar-refractivity contribution in [2.75, 3.05) is 11.9 Å². The predicted molar refractivity (Wildman–Crippen MR) is 144 cm³/mol. The Hall–Kier alpha value is -3.48. The maximum absolute atomic E-state index is 12.8. The first-order valence-electron chi connectivity index (χ1n) is 11.4. The Labute approximate surface area is 219 Å². The first-order valence-corrected chi connectivity index (χ1v) is 13.1. The van der Waals surface area contributed by atoms with Crippen molar-refractivity contribution in [2.45, 2.75) is 54.1 Å². The number of thiazole rings is 1. The Morgan fingerprint density at radius 1 is 1.19 bits per heavy atom. The van der Waals surface area contributed by atoms with Crippen LogP contribution in [0.3, 0.4) is 0 Å². The minimum atomic E-state index is -0.683. The van der Waals surface area contributed by atoms with Crippen LogP contribution in [0.5, 0.6) is 0 Å². The molecule has 0 bridgehead atoms. The monoisotopic (exact) mass is 523 g/mol. The summed E-state index contributed by atoms with van der Waals surface area (Å²) in [5.41, 5.74) is 4.40. The quantitative estimate of drug-likeness (QED) is 0.265. The van der Waals surface area contributed by atoms with Gasteiger partial charge in [-0.2, -0.15) is 5.26 Å². The highest BCUT2D eigenvalue weighted by Crippen LogP contribution is 2.36. The Kier molecular flexibility index (Phi) is 8.33. The van der Waals surface area contributed by atoms with E-state index in [4.69, 9.17) is 9.47 Å². The van der Waals surface area contributed by atoms with Crippen molar-refractivity contribution >= 4 is 45.2 Å². The fourth-order valence-electron chi connectivity index (χ4n) is 3.49. The molecule has 1 N–H and O–H groups in total. The summed E-state index contributed by atoms with van der Waals surface area (Å²) in [4.78, 5) is 30.4. The number of carbonyl (C=O) groups is 2. The van der Waals surface area contributed by atoms with E-state index in [0.29, 0.717) is 26.0 Å². The summed E-state index contributed by atoms with van der Waals surface area (Å²) in [6.45, 7) is 13.0. The first kappa shape index (κ1) is 27.1. The highest BCUT2D eigenvalue weighted by Gasteiger charge is 2.28. The molecular formula is C27H29N3O4S2. The van der Waals surface area contributed by atoms with Crippen molar-refractivity contribution in [3.05, 3.63) is 61.9 Å². The summed E-state index contributed by atoms with van der Waals surface area (Å²) in [6, 6.07) is 8.32. The molecule has 0 unspecified atom stereocenters. The molecule has 0 aliphatic carbocycles. The lowest BCUT2D eigenvalue weighted by molar-refractivity contribution is 0.00745. The Balaban J connectivity index is 1.96. The van der Waals surface area contributed by atoms with Gasteiger partial charge in [0.05, 0.1) is 17.9 Å². The third-order valence-electron chi connectivity index (χ3n) is 5.07. The summed E-state index contributed by atoms with van der Waals surface area (Å²) >= 11 is 2.44. The minimum Gasteiger partial charge on any atom is -0.462 e. The molecule has 0 spiro atoms. The van der Waals surface area contributed by atoms with Crippen LogP contribution in [-0.2, 0) is 9.47 Å². The fraction of sp³-hybridized carbons (Fsp3) is 0.333. The van der Waals surface area contributed by atoms with Gasteiger partial charge in [0.25, 0.3) is 0 Å². The number of allylic oxidation sites excluding steroid dienone is 1. The normalized spacial score (nSPS) is 11.7. The molecule has 0 atom stereocenters. The van der Waals surface area contributed by atoms with Crippen LogP contribution in [0.4, 0.5) is 5.00 Å². The number of benzene rings is 1. The van der Waals surface area contributed by atoms with Gasteiger partial charge in [0.2, 0.25) is 0 Å². The van der Waals surface area contributed by atoms with E-state index in [1.807, 2.05) is 31.4 Å². The molecule has 3 aromatic rings. The average molecular weight is 524 g/mol. The van der Waals surface area contributed by atoms with Crippen molar-refractivity contribution in [1.29, 1.82) is 5.26 Å². The van der Waals surface area contributed by atoms with E-state index in [1.54, 1.807) is 34.6 Å². The van der Waals surface area contributed by atoms with Gasteiger partial charge in [-0.3, -0.25) is 0 Å². The van der Waals surface area contributed by atoms with Crippen LogP contribution in [0.25, 0.3) is 16.8 Å². The molecule has 7 nitrogen and oxygen atoms in total. The Bertz CT molecular complexity index is 1370. The summed E-state index contributed by atoms with van der Waals surface area (Å²) in [7, 11) is 0. The number of rotatable bonds is 7. The number of hydrogen-bond donors (Lipinski definition) is 1. The number of hydrogen-bond acceptors (Lipinski definition) is 9. The molecule has 0 saturated carbocycles. The van der Waals surface area contributed by atoms with E-state index >= 15 is 0 Å². The highest BCUT2D eigenvalue weighted by molar-refractivity contribution is 7.18. The second kappa shape index (κ2) is 11.1. The van der Waals surface area contributed by atoms with Crippen LogP contribution >= 0.6 is 22.7 Å². The van der Waals surface area contributed by atoms with E-state index < -0.39 is 17.5 Å². The number of thiophene rings is 1. The molecule has 188 valence electrons. The van der Waals surface area contributed by atoms with Crippen molar-refractivity contribution in [3.63, 3.8) is 0 Å². The maximum Gasteiger partial charge on any atom is 0.349 e. The molecule has 0 fully saturated rings. The summed E-state index contributed by atoms with van der Waals surface area (Å²) in [6.07, 6.45) is 1.50. The summed E-state index contributed by atoms with van der Waals surface area (Å²) in [5, 5.41) is 15.7. The zero-order chi connectivity index (χ0) is 26.6. The van der Waals surface area contributed by atoms with E-state index in [9.17, 15) is 14.9 Å². The van der Waals surface area contributed by atoms with Gasteiger partial charge in [-0.05, 0) is 59.6 Å². The topological polar surface area (TPSA) is 101 Å². The Morgan fingerprint density at radius 3 is 2.53 bits per heavy atom. The van der Waals surface area contributed by atoms with Gasteiger partial charge < -0.3 is 14.8 Å². The number of aromatic nitrogens is 1. The number of esters is 2. The van der Waals surface area contributed by atoms with Crippen LogP contribution in [-0.4, -0.2) is 29.1 Å². The third-order valence-corrected chi connectivity index (χ3v) is 7.15. The smallest absolute Gasteiger partial charge is 0.349 e. The molecule has 0 aliphatic heterocycles. The standard InChI is InChI=1S/C27H29N3O4S2/c1-8-33-25(31)21-17(4)22(26(32)34-27(5,6)7)36-24(21)29-13-18(12-28)23-30-20(14-35-23)19-10-9-15(2)11-16(19)3/h9-11,13-14,29H,8H2,1-7H3. The van der Waals surface area contributed by atoms with Crippen LogP contribution in [0.15, 0.2) is 29.8 Å². The molecule has 1 aromatic carbocycles. The van der Waals surface area contributed by atoms with E-state index in [-0.39, 0.29) is 12.2 Å². The molecular weight excluding hydrogens is 494 g/mol. The number of anilines is 1. The summed E-state index contributed by atoms with van der Waals surface area (Å²) in [5.74, 6) is -1.08. The van der Waals surface area contributed by atoms with Crippen LogP contribution in [0.1, 0.15) is 69.4 Å². The van der Waals surface area contributed by atoms with Gasteiger partial charge in [0.1, 0.15) is 32.1 Å². The van der Waals surface area contributed by atoms with Gasteiger partial charge in [0, 0.05) is 17.1 Å². The molecule has 0 radical (unpaired) electrons. The molecule has 0 aliphatic rings. The minimum absolute atomic E-state index is 0.189. The Morgan fingerprint density at radius 2 is 1.92 bits per heavy atom. The summed E-state index contributed by atoms with van der Waals surface area (Å²) < 4.78 is 10.7. The highest BCUT2D eigenvalue weighted by atomic mass is 32.1. The van der Waals surface area contributed by atoms with Crippen molar-refractivity contribution in [3.8, 4) is 17.3 Å². The van der Waals surface area contributed by atoms with Crippen molar-refractivity contribution < 1.29 is 19.1 Å². The average Bonchev–Trinajstić information content (AvgIpc) is 3.38. The first-order chi connectivity index (χ1) is 16.9. The zero-order valence-corrected chi connectivity index (χ0v) is 23.1. The maximum atomic E-state index is 12.8. The van der Waals surface area contributed by atoms with Crippen LogP contribution < -0.4 is 5.32 Å². The van der Waals surface area contributed by atoms with E-state index in [1.165, 1.54) is 23.1 Å². The van der Waals surface area contributed by atoms with Gasteiger partial charge in [-0.1, -0.05) is 23.8 Å². The molecule has 9 heteroatoms. The second-order valence-corrected chi connectivity index (χ2v) is 11.0. The molecule has 0 saturated heterocycles. The van der Waals surface area contributed by atoms with Crippen molar-refractivity contribution in [2.24, 2.45) is 0 Å². The van der Waals surface area contributed by atoms with Crippen LogP contribution in [0, 0.1) is 32.1 Å². The lowest BCUT2D eigenvalue weighted by Crippen LogP contribution is -2.23. The molecule has 3 rings (SSSR count). The molecule has 2 aromatic heterocycles. The fourth-order valence-corrected chi connectivity index (χ4v) is 5.31. The van der Waals surface area contributed by atoms with Gasteiger partial charge in [-0.25, -0.2) is 14.6 Å². The van der Waals surface area contributed by atoms with Crippen molar-refractivity contribution in [1.82, 2.24) is 4.98 Å². The molecule has 2 heterocycles. The SMILES string of the molecule is CCOC(=O)c1c(NC=C(C#N)c2nc(-c3ccc(C)cc3C)cs2)sc(C(=O)OC(C)(C)C)c1C. The second-order valence-electron chi connectivity index (χ2n) is 9.15. The number of nitriles is 1. The lowest BCUT2D eigenvalue weighted by atomic mass is 10.0. The predicted octanol–water partition coefficient (Wildman–Crippen LogP) is 6.91. The van der Waals surface area contributed by atoms with Gasteiger partial charge in [-0.15, -0.1) is 22.7 Å². The van der Waals surface area contributed by atoms with Gasteiger partial charge in [0.15, 0.2) is 0 Å². The number of nitrogens with one attached hydrogen (secondary N) is 1.